The fraction of sp³-hybridized carbons (Fsp3) is 0.200. The SMILES string of the molecule is Cc1ccc(C2NCc3ccccc3O2)cc1. The molecule has 0 radical (unpaired) electrons. The fourth-order valence-corrected chi connectivity index (χ4v) is 2.06. The van der Waals surface area contributed by atoms with E-state index in [9.17, 15) is 0 Å². The lowest BCUT2D eigenvalue weighted by molar-refractivity contribution is 0.144. The highest BCUT2D eigenvalue weighted by Crippen LogP contribution is 2.28. The highest BCUT2D eigenvalue weighted by atomic mass is 16.5. The predicted molar refractivity (Wildman–Crippen MR) is 67.8 cm³/mol. The summed E-state index contributed by atoms with van der Waals surface area (Å²) in [5.74, 6) is 0.983. The van der Waals surface area contributed by atoms with Gasteiger partial charge < -0.3 is 4.74 Å². The molecular weight excluding hydrogens is 210 g/mol. The maximum atomic E-state index is 5.95. The van der Waals surface area contributed by atoms with Gasteiger partial charge in [-0.15, -0.1) is 0 Å². The molecule has 0 spiro atoms. The van der Waals surface area contributed by atoms with Gasteiger partial charge in [-0.2, -0.15) is 0 Å². The molecule has 1 atom stereocenters. The Hall–Kier alpha value is -1.80. The van der Waals surface area contributed by atoms with Crippen LogP contribution in [-0.2, 0) is 6.54 Å². The molecule has 0 aliphatic carbocycles. The van der Waals surface area contributed by atoms with Crippen molar-refractivity contribution >= 4 is 0 Å². The van der Waals surface area contributed by atoms with Crippen LogP contribution in [0, 0.1) is 6.92 Å². The van der Waals surface area contributed by atoms with Gasteiger partial charge in [0.05, 0.1) is 0 Å². The summed E-state index contributed by atoms with van der Waals surface area (Å²) in [5, 5.41) is 3.39. The van der Waals surface area contributed by atoms with Crippen LogP contribution in [0.4, 0.5) is 0 Å². The van der Waals surface area contributed by atoms with Crippen molar-refractivity contribution in [3.8, 4) is 5.75 Å². The molecule has 1 unspecified atom stereocenters. The molecule has 2 heteroatoms. The first kappa shape index (κ1) is 10.4. The van der Waals surface area contributed by atoms with Crippen LogP contribution in [0.2, 0.25) is 0 Å². The summed E-state index contributed by atoms with van der Waals surface area (Å²) in [5.41, 5.74) is 3.66. The molecule has 3 rings (SSSR count). The zero-order chi connectivity index (χ0) is 11.7. The van der Waals surface area contributed by atoms with Crippen LogP contribution in [-0.4, -0.2) is 0 Å². The zero-order valence-corrected chi connectivity index (χ0v) is 9.81. The van der Waals surface area contributed by atoms with Crippen molar-refractivity contribution in [2.24, 2.45) is 0 Å². The Morgan fingerprint density at radius 1 is 1.06 bits per heavy atom. The number of hydrogen-bond acceptors (Lipinski definition) is 2. The Morgan fingerprint density at radius 2 is 1.82 bits per heavy atom. The first-order valence-electron chi connectivity index (χ1n) is 5.87. The van der Waals surface area contributed by atoms with Crippen molar-refractivity contribution in [2.45, 2.75) is 19.7 Å². The number of nitrogens with one attached hydrogen (secondary N) is 1. The van der Waals surface area contributed by atoms with E-state index in [1.807, 2.05) is 18.2 Å². The van der Waals surface area contributed by atoms with E-state index in [1.54, 1.807) is 0 Å². The molecule has 1 aliphatic rings. The van der Waals surface area contributed by atoms with Crippen LogP contribution >= 0.6 is 0 Å². The van der Waals surface area contributed by atoms with Gasteiger partial charge >= 0.3 is 0 Å². The van der Waals surface area contributed by atoms with E-state index in [-0.39, 0.29) is 6.23 Å². The molecule has 0 bridgehead atoms. The van der Waals surface area contributed by atoms with Gasteiger partial charge in [-0.25, -0.2) is 0 Å². The van der Waals surface area contributed by atoms with Crippen molar-refractivity contribution in [2.75, 3.05) is 0 Å². The second-order valence-electron chi connectivity index (χ2n) is 4.40. The third-order valence-electron chi connectivity index (χ3n) is 3.08. The highest BCUT2D eigenvalue weighted by Gasteiger charge is 2.19. The number of rotatable bonds is 1. The Morgan fingerprint density at radius 3 is 2.65 bits per heavy atom. The van der Waals surface area contributed by atoms with E-state index < -0.39 is 0 Å². The third-order valence-corrected chi connectivity index (χ3v) is 3.08. The standard InChI is InChI=1S/C15H15NO/c1-11-6-8-12(9-7-11)15-16-10-13-4-2-3-5-14(13)17-15/h2-9,15-16H,10H2,1H3. The molecule has 86 valence electrons. The van der Waals surface area contributed by atoms with E-state index in [1.165, 1.54) is 16.7 Å². The minimum Gasteiger partial charge on any atom is -0.471 e. The van der Waals surface area contributed by atoms with Gasteiger partial charge in [0.1, 0.15) is 5.75 Å². The first-order valence-corrected chi connectivity index (χ1v) is 5.87. The highest BCUT2D eigenvalue weighted by molar-refractivity contribution is 5.36. The summed E-state index contributed by atoms with van der Waals surface area (Å²) in [6.45, 7) is 2.95. The summed E-state index contributed by atoms with van der Waals surface area (Å²) < 4.78 is 5.95. The summed E-state index contributed by atoms with van der Waals surface area (Å²) in [6.07, 6.45) is -0.0366. The van der Waals surface area contributed by atoms with Crippen molar-refractivity contribution < 1.29 is 4.74 Å². The molecule has 0 saturated heterocycles. The average molecular weight is 225 g/mol. The van der Waals surface area contributed by atoms with E-state index in [0.717, 1.165) is 12.3 Å². The molecule has 0 saturated carbocycles. The molecule has 1 N–H and O–H groups in total. The lowest BCUT2D eigenvalue weighted by Crippen LogP contribution is -2.30. The lowest BCUT2D eigenvalue weighted by Gasteiger charge is -2.27. The predicted octanol–water partition coefficient (Wildman–Crippen LogP) is 3.18. The fourth-order valence-electron chi connectivity index (χ4n) is 2.06. The zero-order valence-electron chi connectivity index (χ0n) is 9.81. The van der Waals surface area contributed by atoms with E-state index in [0.29, 0.717) is 0 Å². The second kappa shape index (κ2) is 4.22. The second-order valence-corrected chi connectivity index (χ2v) is 4.40. The van der Waals surface area contributed by atoms with E-state index in [4.69, 9.17) is 4.74 Å². The Bertz CT molecular complexity index is 519. The van der Waals surface area contributed by atoms with Crippen LogP contribution < -0.4 is 10.1 Å². The number of fused-ring (bicyclic) bond motifs is 1. The summed E-state index contributed by atoms with van der Waals surface area (Å²) in [4.78, 5) is 0. The van der Waals surface area contributed by atoms with Crippen LogP contribution in [0.5, 0.6) is 5.75 Å². The van der Waals surface area contributed by atoms with Gasteiger partial charge in [-0.1, -0.05) is 48.0 Å². The number of para-hydroxylation sites is 1. The van der Waals surface area contributed by atoms with Gasteiger partial charge in [0.25, 0.3) is 0 Å². The van der Waals surface area contributed by atoms with Gasteiger partial charge in [0.2, 0.25) is 0 Å². The minimum atomic E-state index is -0.0366. The number of benzene rings is 2. The van der Waals surface area contributed by atoms with Crippen LogP contribution in [0.1, 0.15) is 22.9 Å². The van der Waals surface area contributed by atoms with Gasteiger partial charge in [-0.3, -0.25) is 5.32 Å². The molecule has 2 aromatic carbocycles. The summed E-state index contributed by atoms with van der Waals surface area (Å²) in [6, 6.07) is 16.6. The molecule has 0 fully saturated rings. The molecule has 1 heterocycles. The van der Waals surface area contributed by atoms with E-state index in [2.05, 4.69) is 42.6 Å². The molecule has 2 aromatic rings. The van der Waals surface area contributed by atoms with Crippen molar-refractivity contribution in [3.05, 3.63) is 65.2 Å². The average Bonchev–Trinajstić information content (AvgIpc) is 2.39. The lowest BCUT2D eigenvalue weighted by atomic mass is 10.1. The normalized spacial score (nSPS) is 18.3. The Balaban J connectivity index is 1.86. The molecule has 1 aliphatic heterocycles. The monoisotopic (exact) mass is 225 g/mol. The van der Waals surface area contributed by atoms with Crippen LogP contribution in [0.3, 0.4) is 0 Å². The van der Waals surface area contributed by atoms with Gasteiger partial charge in [0, 0.05) is 17.7 Å². The third kappa shape index (κ3) is 2.04. The Kier molecular flexibility index (Phi) is 2.57. The molecule has 0 aromatic heterocycles. The Labute approximate surface area is 101 Å². The molecule has 0 amide bonds. The topological polar surface area (TPSA) is 21.3 Å². The first-order chi connectivity index (χ1) is 8.33. The van der Waals surface area contributed by atoms with Crippen LogP contribution in [0.15, 0.2) is 48.5 Å². The van der Waals surface area contributed by atoms with Crippen LogP contribution in [0.25, 0.3) is 0 Å². The smallest absolute Gasteiger partial charge is 0.176 e. The van der Waals surface area contributed by atoms with Gasteiger partial charge in [-0.05, 0) is 13.0 Å². The summed E-state index contributed by atoms with van der Waals surface area (Å²) in [7, 11) is 0. The van der Waals surface area contributed by atoms with Crippen molar-refractivity contribution in [1.29, 1.82) is 0 Å². The number of ether oxygens (including phenoxy) is 1. The largest absolute Gasteiger partial charge is 0.471 e. The van der Waals surface area contributed by atoms with Crippen molar-refractivity contribution in [1.82, 2.24) is 5.32 Å². The number of aryl methyl sites for hydroxylation is 1. The minimum absolute atomic E-state index is 0.0366. The van der Waals surface area contributed by atoms with Gasteiger partial charge in [0.15, 0.2) is 6.23 Å². The quantitative estimate of drug-likeness (QED) is 0.804. The maximum Gasteiger partial charge on any atom is 0.176 e. The van der Waals surface area contributed by atoms with E-state index >= 15 is 0 Å². The molecule has 2 nitrogen and oxygen atoms in total. The molecular formula is C15H15NO. The molecule has 17 heavy (non-hydrogen) atoms. The summed E-state index contributed by atoms with van der Waals surface area (Å²) >= 11 is 0. The number of hydrogen-bond donors (Lipinski definition) is 1. The maximum absolute atomic E-state index is 5.95. The van der Waals surface area contributed by atoms with Crippen molar-refractivity contribution in [3.63, 3.8) is 0 Å².